The van der Waals surface area contributed by atoms with Gasteiger partial charge in [0.2, 0.25) is 0 Å². The van der Waals surface area contributed by atoms with Crippen LogP contribution in [0.1, 0.15) is 47.5 Å². The van der Waals surface area contributed by atoms with Crippen molar-refractivity contribution in [1.82, 2.24) is 0 Å². The first-order chi connectivity index (χ1) is 7.50. The quantitative estimate of drug-likeness (QED) is 0.652. The standard InChI is InChI=1S/C13H23NO2/c1-6-10(4)13(9-14,11(5)7-2)12(15)16-8-3/h10-11H,6-8H2,1-5H3/t10-,11-/m1/s1. The van der Waals surface area contributed by atoms with Gasteiger partial charge in [-0.25, -0.2) is 0 Å². The van der Waals surface area contributed by atoms with Crippen molar-refractivity contribution in [1.29, 1.82) is 5.26 Å². The van der Waals surface area contributed by atoms with Gasteiger partial charge in [0, 0.05) is 0 Å². The molecule has 92 valence electrons. The number of ether oxygens (including phenoxy) is 1. The highest BCUT2D eigenvalue weighted by molar-refractivity contribution is 5.80. The third kappa shape index (κ3) is 2.55. The molecule has 3 nitrogen and oxygen atoms in total. The molecule has 0 aromatic heterocycles. The molecule has 0 spiro atoms. The molecule has 0 saturated heterocycles. The molecule has 3 heteroatoms. The SMILES string of the molecule is CCOC(=O)C(C#N)([C@H](C)CC)[C@H](C)CC. The Balaban J connectivity index is 5.29. The van der Waals surface area contributed by atoms with E-state index in [2.05, 4.69) is 6.07 Å². The first-order valence-electron chi connectivity index (χ1n) is 6.09. The Hall–Kier alpha value is -1.04. The van der Waals surface area contributed by atoms with Gasteiger partial charge in [-0.1, -0.05) is 40.5 Å². The van der Waals surface area contributed by atoms with Crippen LogP contribution in [0.4, 0.5) is 0 Å². The van der Waals surface area contributed by atoms with E-state index in [0.717, 1.165) is 12.8 Å². The Kier molecular flexibility index (Phi) is 6.10. The van der Waals surface area contributed by atoms with Crippen molar-refractivity contribution in [3.8, 4) is 6.07 Å². The number of hydrogen-bond donors (Lipinski definition) is 0. The van der Waals surface area contributed by atoms with Gasteiger partial charge < -0.3 is 4.74 Å². The lowest BCUT2D eigenvalue weighted by atomic mass is 9.67. The predicted molar refractivity (Wildman–Crippen MR) is 63.6 cm³/mol. The van der Waals surface area contributed by atoms with Gasteiger partial charge in [0.05, 0.1) is 12.7 Å². The Bertz CT molecular complexity index is 258. The molecule has 0 aliphatic heterocycles. The summed E-state index contributed by atoms with van der Waals surface area (Å²) >= 11 is 0. The minimum Gasteiger partial charge on any atom is -0.465 e. The smallest absolute Gasteiger partial charge is 0.327 e. The van der Waals surface area contributed by atoms with E-state index < -0.39 is 5.41 Å². The van der Waals surface area contributed by atoms with Crippen molar-refractivity contribution < 1.29 is 9.53 Å². The molecule has 0 aliphatic carbocycles. The highest BCUT2D eigenvalue weighted by Crippen LogP contribution is 2.40. The Morgan fingerprint density at radius 3 is 1.94 bits per heavy atom. The Morgan fingerprint density at radius 1 is 1.25 bits per heavy atom. The van der Waals surface area contributed by atoms with Gasteiger partial charge >= 0.3 is 5.97 Å². The van der Waals surface area contributed by atoms with Crippen LogP contribution in [0.25, 0.3) is 0 Å². The van der Waals surface area contributed by atoms with Crippen LogP contribution in [0.3, 0.4) is 0 Å². The lowest BCUT2D eigenvalue weighted by Gasteiger charge is -2.34. The predicted octanol–water partition coefficient (Wildman–Crippen LogP) is 3.15. The van der Waals surface area contributed by atoms with Gasteiger partial charge in [-0.15, -0.1) is 0 Å². The molecule has 0 fully saturated rings. The average molecular weight is 225 g/mol. The summed E-state index contributed by atoms with van der Waals surface area (Å²) in [6, 6.07) is 2.23. The molecule has 0 heterocycles. The molecule has 0 saturated carbocycles. The summed E-state index contributed by atoms with van der Waals surface area (Å²) < 4.78 is 5.08. The van der Waals surface area contributed by atoms with Crippen LogP contribution in [-0.2, 0) is 9.53 Å². The number of esters is 1. The number of nitrogens with zero attached hydrogens (tertiary/aromatic N) is 1. The van der Waals surface area contributed by atoms with Crippen LogP contribution < -0.4 is 0 Å². The zero-order valence-electron chi connectivity index (χ0n) is 11.0. The second-order valence-electron chi connectivity index (χ2n) is 4.32. The molecule has 0 aromatic rings. The van der Waals surface area contributed by atoms with Gasteiger partial charge in [-0.3, -0.25) is 4.79 Å². The average Bonchev–Trinajstić information content (AvgIpc) is 2.30. The molecule has 0 bridgehead atoms. The summed E-state index contributed by atoms with van der Waals surface area (Å²) in [4.78, 5) is 12.1. The maximum absolute atomic E-state index is 12.1. The van der Waals surface area contributed by atoms with Gasteiger partial charge in [-0.05, 0) is 18.8 Å². The summed E-state index contributed by atoms with van der Waals surface area (Å²) in [6.45, 7) is 10.00. The minimum absolute atomic E-state index is 0.0199. The molecular formula is C13H23NO2. The molecule has 0 rings (SSSR count). The van der Waals surface area contributed by atoms with E-state index in [4.69, 9.17) is 4.74 Å². The van der Waals surface area contributed by atoms with Crippen LogP contribution in [-0.4, -0.2) is 12.6 Å². The van der Waals surface area contributed by atoms with Crippen LogP contribution in [0.15, 0.2) is 0 Å². The van der Waals surface area contributed by atoms with Crippen LogP contribution in [0.5, 0.6) is 0 Å². The zero-order chi connectivity index (χ0) is 12.8. The Labute approximate surface area is 98.8 Å². The van der Waals surface area contributed by atoms with Gasteiger partial charge in [0.1, 0.15) is 0 Å². The summed E-state index contributed by atoms with van der Waals surface area (Å²) in [5, 5.41) is 9.43. The molecule has 0 aliphatic rings. The fourth-order valence-electron chi connectivity index (χ4n) is 2.05. The van der Waals surface area contributed by atoms with Crippen molar-refractivity contribution in [2.75, 3.05) is 6.61 Å². The second-order valence-corrected chi connectivity index (χ2v) is 4.32. The molecule has 0 unspecified atom stereocenters. The fraction of sp³-hybridized carbons (Fsp3) is 0.846. The lowest BCUT2D eigenvalue weighted by molar-refractivity contribution is -0.158. The first kappa shape index (κ1) is 15.0. The van der Waals surface area contributed by atoms with Crippen molar-refractivity contribution in [3.05, 3.63) is 0 Å². The number of carbonyl (C=O) groups excluding carboxylic acids is 1. The van der Waals surface area contributed by atoms with E-state index in [0.29, 0.717) is 6.61 Å². The summed E-state index contributed by atoms with van der Waals surface area (Å²) in [7, 11) is 0. The second kappa shape index (κ2) is 6.52. The molecule has 0 aromatic carbocycles. The Morgan fingerprint density at radius 2 is 1.69 bits per heavy atom. The maximum atomic E-state index is 12.1. The summed E-state index contributed by atoms with van der Waals surface area (Å²) in [5.74, 6) is -0.320. The summed E-state index contributed by atoms with van der Waals surface area (Å²) in [5.41, 5.74) is -0.987. The number of rotatable bonds is 6. The zero-order valence-corrected chi connectivity index (χ0v) is 11.0. The largest absolute Gasteiger partial charge is 0.465 e. The topological polar surface area (TPSA) is 50.1 Å². The molecule has 2 atom stereocenters. The third-order valence-corrected chi connectivity index (χ3v) is 3.58. The van der Waals surface area contributed by atoms with Crippen molar-refractivity contribution in [2.24, 2.45) is 17.3 Å². The third-order valence-electron chi connectivity index (χ3n) is 3.58. The first-order valence-corrected chi connectivity index (χ1v) is 6.09. The number of hydrogen-bond acceptors (Lipinski definition) is 3. The lowest BCUT2D eigenvalue weighted by Crippen LogP contribution is -2.43. The van der Waals surface area contributed by atoms with Crippen molar-refractivity contribution in [3.63, 3.8) is 0 Å². The fourth-order valence-corrected chi connectivity index (χ4v) is 2.05. The van der Waals surface area contributed by atoms with Gasteiger partial charge in [-0.2, -0.15) is 5.26 Å². The van der Waals surface area contributed by atoms with Gasteiger partial charge in [0.25, 0.3) is 0 Å². The van der Waals surface area contributed by atoms with Crippen LogP contribution >= 0.6 is 0 Å². The molecular weight excluding hydrogens is 202 g/mol. The van der Waals surface area contributed by atoms with E-state index in [1.807, 2.05) is 27.7 Å². The van der Waals surface area contributed by atoms with E-state index in [1.165, 1.54) is 0 Å². The van der Waals surface area contributed by atoms with E-state index in [1.54, 1.807) is 6.92 Å². The molecule has 0 N–H and O–H groups in total. The summed E-state index contributed by atoms with van der Waals surface area (Å²) in [6.07, 6.45) is 1.60. The normalized spacial score (nSPS) is 15.0. The van der Waals surface area contributed by atoms with E-state index in [9.17, 15) is 10.1 Å². The van der Waals surface area contributed by atoms with Crippen molar-refractivity contribution in [2.45, 2.75) is 47.5 Å². The highest BCUT2D eigenvalue weighted by Gasteiger charge is 2.48. The highest BCUT2D eigenvalue weighted by atomic mass is 16.5. The molecule has 16 heavy (non-hydrogen) atoms. The number of carbonyl (C=O) groups is 1. The maximum Gasteiger partial charge on any atom is 0.327 e. The molecule has 0 amide bonds. The van der Waals surface area contributed by atoms with Crippen LogP contribution in [0, 0.1) is 28.6 Å². The van der Waals surface area contributed by atoms with E-state index >= 15 is 0 Å². The monoisotopic (exact) mass is 225 g/mol. The van der Waals surface area contributed by atoms with Crippen molar-refractivity contribution >= 4 is 5.97 Å². The van der Waals surface area contributed by atoms with Crippen LogP contribution in [0.2, 0.25) is 0 Å². The minimum atomic E-state index is -0.987. The van der Waals surface area contributed by atoms with E-state index in [-0.39, 0.29) is 17.8 Å². The molecule has 0 radical (unpaired) electrons. The van der Waals surface area contributed by atoms with Gasteiger partial charge in [0.15, 0.2) is 5.41 Å². The number of nitriles is 1.